The first-order chi connectivity index (χ1) is 19.8. The molecule has 0 saturated heterocycles. The maximum absolute atomic E-state index is 13.9. The molecule has 0 aliphatic carbocycles. The predicted octanol–water partition coefficient (Wildman–Crippen LogP) is 5.57. The summed E-state index contributed by atoms with van der Waals surface area (Å²) in [4.78, 5) is 27.3. The number of para-hydroxylation sites is 3. The second-order valence-corrected chi connectivity index (χ2v) is 11.6. The second kappa shape index (κ2) is 13.9. The lowest BCUT2D eigenvalue weighted by atomic mass is 10.1. The molecule has 10 heteroatoms. The van der Waals surface area contributed by atoms with Crippen molar-refractivity contribution in [1.29, 1.82) is 0 Å². The number of carbonyl (C=O) groups excluding carboxylic acids is 2. The van der Waals surface area contributed by atoms with Crippen molar-refractivity contribution in [2.75, 3.05) is 29.0 Å². The van der Waals surface area contributed by atoms with Gasteiger partial charge in [-0.25, -0.2) is 8.42 Å². The first kappa shape index (κ1) is 29.7. The van der Waals surface area contributed by atoms with Gasteiger partial charge in [-0.05, 0) is 67.3 Å². The Hall–Kier alpha value is -4.28. The van der Waals surface area contributed by atoms with Crippen LogP contribution in [0.2, 0.25) is 0 Å². The van der Waals surface area contributed by atoms with E-state index < -0.39 is 22.5 Å². The van der Waals surface area contributed by atoms with E-state index in [1.165, 1.54) is 23.9 Å². The number of hydrogen-bond donors (Lipinski definition) is 2. The number of benzene rings is 4. The number of nitrogens with zero attached hydrogens (tertiary/aromatic N) is 1. The Morgan fingerprint density at radius 1 is 0.854 bits per heavy atom. The fraction of sp³-hybridized carbons (Fsp3) is 0.161. The van der Waals surface area contributed by atoms with Crippen molar-refractivity contribution in [2.45, 2.75) is 23.3 Å². The van der Waals surface area contributed by atoms with Gasteiger partial charge in [-0.2, -0.15) is 0 Å². The van der Waals surface area contributed by atoms with E-state index >= 15 is 0 Å². The minimum atomic E-state index is -4.17. The molecule has 8 nitrogen and oxygen atoms in total. The van der Waals surface area contributed by atoms with Crippen molar-refractivity contribution in [3.05, 3.63) is 114 Å². The molecule has 0 bridgehead atoms. The van der Waals surface area contributed by atoms with Crippen LogP contribution in [0, 0.1) is 0 Å². The van der Waals surface area contributed by atoms with Gasteiger partial charge in [0.25, 0.3) is 15.9 Å². The van der Waals surface area contributed by atoms with Crippen LogP contribution in [0.1, 0.15) is 22.8 Å². The Morgan fingerprint density at radius 3 is 2.22 bits per heavy atom. The molecule has 0 radical (unpaired) electrons. The molecule has 0 fully saturated rings. The molecule has 4 aromatic carbocycles. The number of anilines is 2. The van der Waals surface area contributed by atoms with Crippen molar-refractivity contribution >= 4 is 45.0 Å². The van der Waals surface area contributed by atoms with Crippen LogP contribution in [0.25, 0.3) is 0 Å². The molecule has 0 unspecified atom stereocenters. The van der Waals surface area contributed by atoms with E-state index in [2.05, 4.69) is 10.6 Å². The Labute approximate surface area is 244 Å². The second-order valence-electron chi connectivity index (χ2n) is 8.85. The third-order valence-electron chi connectivity index (χ3n) is 6.11. The zero-order valence-corrected chi connectivity index (χ0v) is 24.4. The minimum absolute atomic E-state index is 0.0371. The van der Waals surface area contributed by atoms with Crippen LogP contribution >= 0.6 is 11.8 Å². The van der Waals surface area contributed by atoms with Gasteiger partial charge in [-0.3, -0.25) is 13.9 Å². The molecule has 0 aliphatic heterocycles. The predicted molar refractivity (Wildman–Crippen MR) is 163 cm³/mol. The normalized spacial score (nSPS) is 11.0. The Balaban J connectivity index is 1.61. The largest absolute Gasteiger partial charge is 0.492 e. The fourth-order valence-electron chi connectivity index (χ4n) is 4.10. The zero-order valence-electron chi connectivity index (χ0n) is 22.7. The third-order valence-corrected chi connectivity index (χ3v) is 8.63. The topological polar surface area (TPSA) is 105 Å². The van der Waals surface area contributed by atoms with Crippen LogP contribution in [0.5, 0.6) is 5.75 Å². The van der Waals surface area contributed by atoms with Crippen LogP contribution < -0.4 is 19.7 Å². The van der Waals surface area contributed by atoms with E-state index in [1.54, 1.807) is 67.6 Å². The van der Waals surface area contributed by atoms with Crippen LogP contribution in [-0.4, -0.2) is 39.6 Å². The number of amides is 2. The molecular formula is C31H31N3O5S2. The summed E-state index contributed by atoms with van der Waals surface area (Å²) >= 11 is 1.49. The highest BCUT2D eigenvalue weighted by molar-refractivity contribution is 7.98. The van der Waals surface area contributed by atoms with Gasteiger partial charge in [0, 0.05) is 11.4 Å². The van der Waals surface area contributed by atoms with Crippen molar-refractivity contribution in [3.8, 4) is 5.75 Å². The average Bonchev–Trinajstić information content (AvgIpc) is 3.00. The molecule has 0 aliphatic rings. The zero-order chi connectivity index (χ0) is 29.2. The van der Waals surface area contributed by atoms with Gasteiger partial charge >= 0.3 is 0 Å². The number of nitrogens with one attached hydrogen (secondary N) is 2. The van der Waals surface area contributed by atoms with E-state index in [1.807, 2.05) is 36.6 Å². The summed E-state index contributed by atoms with van der Waals surface area (Å²) in [6, 6.07) is 29.2. The molecule has 41 heavy (non-hydrogen) atoms. The van der Waals surface area contributed by atoms with Gasteiger partial charge in [-0.1, -0.05) is 54.6 Å². The molecular weight excluding hydrogens is 558 g/mol. The lowest BCUT2D eigenvalue weighted by Crippen LogP contribution is -2.38. The molecule has 4 rings (SSSR count). The van der Waals surface area contributed by atoms with Gasteiger partial charge in [-0.15, -0.1) is 11.8 Å². The number of rotatable bonds is 12. The highest BCUT2D eigenvalue weighted by Gasteiger charge is 2.30. The van der Waals surface area contributed by atoms with E-state index in [-0.39, 0.29) is 27.7 Å². The van der Waals surface area contributed by atoms with E-state index in [0.29, 0.717) is 18.9 Å². The molecule has 2 amide bonds. The highest BCUT2D eigenvalue weighted by Crippen LogP contribution is 2.33. The van der Waals surface area contributed by atoms with Crippen LogP contribution in [0.3, 0.4) is 0 Å². The minimum Gasteiger partial charge on any atom is -0.492 e. The summed E-state index contributed by atoms with van der Waals surface area (Å²) in [5, 5.41) is 5.59. The summed E-state index contributed by atoms with van der Waals surface area (Å²) in [6.45, 7) is 1.88. The molecule has 2 N–H and O–H groups in total. The van der Waals surface area contributed by atoms with Crippen molar-refractivity contribution < 1.29 is 22.7 Å². The van der Waals surface area contributed by atoms with Crippen molar-refractivity contribution in [3.63, 3.8) is 0 Å². The molecule has 0 aromatic heterocycles. The number of thioether (sulfide) groups is 1. The van der Waals surface area contributed by atoms with Gasteiger partial charge in [0.15, 0.2) is 0 Å². The van der Waals surface area contributed by atoms with Crippen molar-refractivity contribution in [2.24, 2.45) is 0 Å². The fourth-order valence-corrected chi connectivity index (χ4v) is 5.94. The summed E-state index contributed by atoms with van der Waals surface area (Å²) in [5.41, 5.74) is 1.69. The summed E-state index contributed by atoms with van der Waals surface area (Å²) in [7, 11) is -4.17. The third kappa shape index (κ3) is 7.47. The highest BCUT2D eigenvalue weighted by atomic mass is 32.2. The number of ether oxygens (including phenoxy) is 1. The lowest BCUT2D eigenvalue weighted by Gasteiger charge is -2.26. The Bertz CT molecular complexity index is 1590. The molecule has 0 atom stereocenters. The summed E-state index contributed by atoms with van der Waals surface area (Å²) in [5.74, 6) is -0.665. The first-order valence-electron chi connectivity index (χ1n) is 12.9. The monoisotopic (exact) mass is 589 g/mol. The van der Waals surface area contributed by atoms with E-state index in [9.17, 15) is 18.0 Å². The Morgan fingerprint density at radius 2 is 1.51 bits per heavy atom. The van der Waals surface area contributed by atoms with Crippen molar-refractivity contribution in [1.82, 2.24) is 5.32 Å². The van der Waals surface area contributed by atoms with Gasteiger partial charge in [0.2, 0.25) is 5.91 Å². The van der Waals surface area contributed by atoms with Gasteiger partial charge in [0.1, 0.15) is 12.3 Å². The summed E-state index contributed by atoms with van der Waals surface area (Å²) in [6.07, 6.45) is 1.90. The average molecular weight is 590 g/mol. The summed E-state index contributed by atoms with van der Waals surface area (Å²) < 4.78 is 34.5. The quantitative estimate of drug-likeness (QED) is 0.209. The van der Waals surface area contributed by atoms with Crippen LogP contribution in [0.15, 0.2) is 113 Å². The van der Waals surface area contributed by atoms with E-state index in [0.717, 1.165) is 14.8 Å². The van der Waals surface area contributed by atoms with E-state index in [4.69, 9.17) is 4.74 Å². The molecule has 0 heterocycles. The smallest absolute Gasteiger partial charge is 0.264 e. The lowest BCUT2D eigenvalue weighted by molar-refractivity contribution is -0.114. The number of carbonyl (C=O) groups is 2. The molecule has 0 spiro atoms. The van der Waals surface area contributed by atoms with Crippen LogP contribution in [-0.2, 0) is 21.4 Å². The molecule has 212 valence electrons. The molecule has 0 saturated carbocycles. The number of sulfonamides is 1. The maximum Gasteiger partial charge on any atom is 0.264 e. The number of hydrogen-bond acceptors (Lipinski definition) is 6. The Kier molecular flexibility index (Phi) is 10.0. The molecule has 4 aromatic rings. The first-order valence-corrected chi connectivity index (χ1v) is 15.6. The van der Waals surface area contributed by atoms with Gasteiger partial charge in [0.05, 0.1) is 28.4 Å². The standard InChI is InChI=1S/C31H31N3O5S2/c1-3-39-29-16-10-9-15-28(29)34(41(37,38)25-19-17-24(40-2)18-20-25)22-30(35)33-27-14-8-7-13-26(27)31(36)32-21-23-11-5-4-6-12-23/h4-20H,3,21-22H2,1-2H3,(H,32,36)(H,33,35). The maximum atomic E-state index is 13.9. The van der Waals surface area contributed by atoms with Crippen LogP contribution in [0.4, 0.5) is 11.4 Å². The van der Waals surface area contributed by atoms with Gasteiger partial charge < -0.3 is 15.4 Å². The SMILES string of the molecule is CCOc1ccccc1N(CC(=O)Nc1ccccc1C(=O)NCc1ccccc1)S(=O)(=O)c1ccc(SC)cc1.